The molecule has 0 spiro atoms. The molecule has 0 aliphatic carbocycles. The Morgan fingerprint density at radius 3 is 2.84 bits per heavy atom. The number of nitrogens with zero attached hydrogens (tertiary/aromatic N) is 3. The van der Waals surface area contributed by atoms with Crippen LogP contribution in [0.15, 0.2) is 48.4 Å². The molecule has 3 heterocycles. The van der Waals surface area contributed by atoms with Crippen molar-refractivity contribution in [1.82, 2.24) is 19.9 Å². The fourth-order valence-corrected chi connectivity index (χ4v) is 3.35. The molecule has 3 aromatic heterocycles. The van der Waals surface area contributed by atoms with Gasteiger partial charge in [-0.15, -0.1) is 11.3 Å². The Labute approximate surface area is 150 Å². The van der Waals surface area contributed by atoms with E-state index >= 15 is 0 Å². The summed E-state index contributed by atoms with van der Waals surface area (Å²) in [4.78, 5) is 21.6. The lowest BCUT2D eigenvalue weighted by atomic mass is 10.2. The number of rotatable bonds is 8. The summed E-state index contributed by atoms with van der Waals surface area (Å²) in [7, 11) is 0. The normalized spacial score (nSPS) is 10.6. The Kier molecular flexibility index (Phi) is 5.79. The number of hydrogen-bond acceptors (Lipinski definition) is 5. The molecule has 0 unspecified atom stereocenters. The summed E-state index contributed by atoms with van der Waals surface area (Å²) in [5.41, 5.74) is 1.27. The quantitative estimate of drug-likeness (QED) is 0.610. The van der Waals surface area contributed by atoms with Gasteiger partial charge >= 0.3 is 0 Å². The molecule has 0 bridgehead atoms. The minimum absolute atomic E-state index is 0.0744. The van der Waals surface area contributed by atoms with E-state index < -0.39 is 0 Å². The standard InChI is InChI=1S/C18H21N5OS/c1-14-6-11-25-15(14)4-5-18(24)20-8-7-19-16-12-17(22-13-21-16)23-9-2-3-10-23/h2-3,6,9-13H,4-5,7-8H2,1H3,(H,20,24)(H,19,21,22). The summed E-state index contributed by atoms with van der Waals surface area (Å²) in [5, 5.41) is 8.20. The van der Waals surface area contributed by atoms with E-state index in [2.05, 4.69) is 39.0 Å². The molecule has 3 rings (SSSR count). The van der Waals surface area contributed by atoms with Crippen molar-refractivity contribution in [3.8, 4) is 5.82 Å². The van der Waals surface area contributed by atoms with Gasteiger partial charge in [0.15, 0.2) is 0 Å². The highest BCUT2D eigenvalue weighted by atomic mass is 32.1. The summed E-state index contributed by atoms with van der Waals surface area (Å²) in [6, 6.07) is 7.86. The summed E-state index contributed by atoms with van der Waals surface area (Å²) >= 11 is 1.71. The Morgan fingerprint density at radius 1 is 1.24 bits per heavy atom. The molecule has 1 amide bonds. The van der Waals surface area contributed by atoms with E-state index in [1.165, 1.54) is 16.8 Å². The van der Waals surface area contributed by atoms with Gasteiger partial charge in [-0.05, 0) is 42.5 Å². The molecular weight excluding hydrogens is 334 g/mol. The van der Waals surface area contributed by atoms with E-state index in [0.29, 0.717) is 19.5 Å². The maximum absolute atomic E-state index is 11.9. The van der Waals surface area contributed by atoms with Crippen molar-refractivity contribution in [2.45, 2.75) is 19.8 Å². The Morgan fingerprint density at radius 2 is 2.08 bits per heavy atom. The van der Waals surface area contributed by atoms with E-state index in [4.69, 9.17) is 0 Å². The fraction of sp³-hybridized carbons (Fsp3) is 0.278. The predicted molar refractivity (Wildman–Crippen MR) is 100 cm³/mol. The molecule has 0 atom stereocenters. The highest BCUT2D eigenvalue weighted by Crippen LogP contribution is 2.17. The van der Waals surface area contributed by atoms with Crippen LogP contribution in [-0.2, 0) is 11.2 Å². The molecule has 2 N–H and O–H groups in total. The van der Waals surface area contributed by atoms with Crippen LogP contribution in [-0.4, -0.2) is 33.5 Å². The Bertz CT molecular complexity index is 813. The SMILES string of the molecule is Cc1ccsc1CCC(=O)NCCNc1cc(-n2cccc2)ncn1. The number of carbonyl (C=O) groups excluding carboxylic acids is 1. The summed E-state index contributed by atoms with van der Waals surface area (Å²) in [5.74, 6) is 1.62. The third kappa shape index (κ3) is 4.90. The molecule has 0 saturated heterocycles. The maximum atomic E-state index is 11.9. The number of anilines is 1. The van der Waals surface area contributed by atoms with Crippen molar-refractivity contribution in [2.75, 3.05) is 18.4 Å². The number of carbonyl (C=O) groups is 1. The lowest BCUT2D eigenvalue weighted by Crippen LogP contribution is -2.29. The van der Waals surface area contributed by atoms with Gasteiger partial charge in [0.05, 0.1) is 0 Å². The van der Waals surface area contributed by atoms with E-state index in [-0.39, 0.29) is 5.91 Å². The van der Waals surface area contributed by atoms with Crippen LogP contribution in [0.1, 0.15) is 16.9 Å². The second kappa shape index (κ2) is 8.43. The minimum Gasteiger partial charge on any atom is -0.368 e. The number of nitrogens with one attached hydrogen (secondary N) is 2. The van der Waals surface area contributed by atoms with Gasteiger partial charge in [0.2, 0.25) is 5.91 Å². The molecule has 0 radical (unpaired) electrons. The van der Waals surface area contributed by atoms with Gasteiger partial charge in [-0.25, -0.2) is 9.97 Å². The molecule has 3 aromatic rings. The zero-order chi connectivity index (χ0) is 17.5. The lowest BCUT2D eigenvalue weighted by molar-refractivity contribution is -0.120. The van der Waals surface area contributed by atoms with Crippen molar-refractivity contribution in [2.24, 2.45) is 0 Å². The van der Waals surface area contributed by atoms with Crippen LogP contribution in [0.3, 0.4) is 0 Å². The molecular formula is C18H21N5OS. The number of aromatic nitrogens is 3. The first kappa shape index (κ1) is 17.2. The van der Waals surface area contributed by atoms with E-state index in [1.54, 1.807) is 11.3 Å². The Hall–Kier alpha value is -2.67. The average molecular weight is 355 g/mol. The van der Waals surface area contributed by atoms with Gasteiger partial charge in [-0.3, -0.25) is 4.79 Å². The molecule has 0 aromatic carbocycles. The van der Waals surface area contributed by atoms with Crippen molar-refractivity contribution < 1.29 is 4.79 Å². The average Bonchev–Trinajstić information content (AvgIpc) is 3.29. The number of thiophene rings is 1. The molecule has 0 aliphatic heterocycles. The van der Waals surface area contributed by atoms with Crippen molar-refractivity contribution in [3.05, 3.63) is 58.8 Å². The van der Waals surface area contributed by atoms with Crippen LogP contribution in [0.4, 0.5) is 5.82 Å². The van der Waals surface area contributed by atoms with Gasteiger partial charge in [0.25, 0.3) is 0 Å². The fourth-order valence-electron chi connectivity index (χ4n) is 2.44. The van der Waals surface area contributed by atoms with Crippen LogP contribution in [0, 0.1) is 6.92 Å². The Balaban J connectivity index is 1.39. The van der Waals surface area contributed by atoms with Gasteiger partial charge in [0, 0.05) is 42.8 Å². The molecule has 0 saturated carbocycles. The first-order valence-corrected chi connectivity index (χ1v) is 9.09. The zero-order valence-electron chi connectivity index (χ0n) is 14.1. The molecule has 130 valence electrons. The molecule has 0 fully saturated rings. The minimum atomic E-state index is 0.0744. The summed E-state index contributed by atoms with van der Waals surface area (Å²) < 4.78 is 1.92. The van der Waals surface area contributed by atoms with Crippen LogP contribution in [0.5, 0.6) is 0 Å². The maximum Gasteiger partial charge on any atom is 0.220 e. The molecule has 0 aliphatic rings. The van der Waals surface area contributed by atoms with Crippen LogP contribution in [0.25, 0.3) is 5.82 Å². The van der Waals surface area contributed by atoms with E-state index in [0.717, 1.165) is 18.1 Å². The van der Waals surface area contributed by atoms with E-state index in [1.807, 2.05) is 35.2 Å². The third-order valence-electron chi connectivity index (χ3n) is 3.82. The second-order valence-corrected chi connectivity index (χ2v) is 6.66. The summed E-state index contributed by atoms with van der Waals surface area (Å²) in [6.07, 6.45) is 6.71. The van der Waals surface area contributed by atoms with Gasteiger partial charge in [0.1, 0.15) is 18.0 Å². The monoisotopic (exact) mass is 355 g/mol. The van der Waals surface area contributed by atoms with E-state index in [9.17, 15) is 4.79 Å². The highest BCUT2D eigenvalue weighted by Gasteiger charge is 2.05. The third-order valence-corrected chi connectivity index (χ3v) is 4.90. The first-order chi connectivity index (χ1) is 12.2. The molecule has 7 heteroatoms. The van der Waals surface area contributed by atoms with Gasteiger partial charge in [-0.2, -0.15) is 0 Å². The van der Waals surface area contributed by atoms with Gasteiger partial charge in [-0.1, -0.05) is 0 Å². The highest BCUT2D eigenvalue weighted by molar-refractivity contribution is 7.10. The lowest BCUT2D eigenvalue weighted by Gasteiger charge is -2.08. The second-order valence-electron chi connectivity index (χ2n) is 5.66. The summed E-state index contributed by atoms with van der Waals surface area (Å²) in [6.45, 7) is 3.26. The zero-order valence-corrected chi connectivity index (χ0v) is 14.9. The van der Waals surface area contributed by atoms with Crippen molar-refractivity contribution >= 4 is 23.1 Å². The van der Waals surface area contributed by atoms with Crippen LogP contribution >= 0.6 is 11.3 Å². The smallest absolute Gasteiger partial charge is 0.220 e. The van der Waals surface area contributed by atoms with Crippen molar-refractivity contribution in [3.63, 3.8) is 0 Å². The topological polar surface area (TPSA) is 71.8 Å². The first-order valence-electron chi connectivity index (χ1n) is 8.21. The molecule has 6 nitrogen and oxygen atoms in total. The number of amides is 1. The van der Waals surface area contributed by atoms with Gasteiger partial charge < -0.3 is 15.2 Å². The molecule has 25 heavy (non-hydrogen) atoms. The van der Waals surface area contributed by atoms with Crippen molar-refractivity contribution in [1.29, 1.82) is 0 Å². The predicted octanol–water partition coefficient (Wildman–Crippen LogP) is 2.80. The number of hydrogen-bond donors (Lipinski definition) is 2. The van der Waals surface area contributed by atoms with Crippen LogP contribution < -0.4 is 10.6 Å². The van der Waals surface area contributed by atoms with Crippen LogP contribution in [0.2, 0.25) is 0 Å². The number of aryl methyl sites for hydroxylation is 2. The largest absolute Gasteiger partial charge is 0.368 e.